The number of ether oxygens (including phenoxy) is 1. The maximum Gasteiger partial charge on any atom is 0.317 e. The molecule has 0 bridgehead atoms. The number of carboxylic acid groups (broad SMARTS) is 2. The summed E-state index contributed by atoms with van der Waals surface area (Å²) in [5.41, 5.74) is 0. The number of carbonyl (C=O) groups is 3. The van der Waals surface area contributed by atoms with Gasteiger partial charge in [-0.05, 0) is 77.0 Å². The summed E-state index contributed by atoms with van der Waals surface area (Å²) < 4.78 is 5.65. The van der Waals surface area contributed by atoms with Crippen molar-refractivity contribution in [3.63, 3.8) is 0 Å². The van der Waals surface area contributed by atoms with Crippen LogP contribution in [0, 0.1) is 43.9 Å². The van der Waals surface area contributed by atoms with E-state index < -0.39 is 63.5 Å². The molecule has 0 saturated heterocycles. The average Bonchev–Trinajstić information content (AvgIpc) is 2.98. The third-order valence-corrected chi connectivity index (χ3v) is 11.4. The molecule has 4 rings (SSSR count). The molecule has 4 aliphatic carbocycles. The highest BCUT2D eigenvalue weighted by molar-refractivity contribution is 8.00. The number of nitro groups is 2. The number of thioether (sulfide) groups is 1. The quantitative estimate of drug-likeness (QED) is 0.135. The molecule has 6 unspecified atom stereocenters. The number of carboxylic acids is 2. The maximum absolute atomic E-state index is 12.9. The number of hydrogen-bond donors (Lipinski definition) is 2. The Labute approximate surface area is 253 Å². The van der Waals surface area contributed by atoms with E-state index in [2.05, 4.69) is 0 Å². The largest absolute Gasteiger partial charge is 0.481 e. The predicted octanol–water partition coefficient (Wildman–Crippen LogP) is 4.13. The zero-order chi connectivity index (χ0) is 31.1. The van der Waals surface area contributed by atoms with Crippen LogP contribution >= 0.6 is 11.8 Å². The van der Waals surface area contributed by atoms with Crippen molar-refractivity contribution < 1.29 is 49.0 Å². The molecule has 0 aromatic carbocycles. The van der Waals surface area contributed by atoms with Gasteiger partial charge in [0.2, 0.25) is 12.1 Å². The summed E-state index contributed by atoms with van der Waals surface area (Å²) in [6.45, 7) is -0.116. The fourth-order valence-corrected chi connectivity index (χ4v) is 8.96. The Balaban J connectivity index is 1.15. The minimum Gasteiger partial charge on any atom is -0.481 e. The molecule has 6 atom stereocenters. The van der Waals surface area contributed by atoms with Crippen LogP contribution in [-0.4, -0.2) is 79.4 Å². The first-order valence-corrected chi connectivity index (χ1v) is 16.4. The molecule has 0 spiro atoms. The monoisotopic (exact) mass is 630 g/mol. The van der Waals surface area contributed by atoms with Gasteiger partial charge in [-0.2, -0.15) is 11.8 Å². The van der Waals surface area contributed by atoms with Crippen molar-refractivity contribution in [1.29, 1.82) is 0 Å². The maximum atomic E-state index is 12.9. The van der Waals surface area contributed by atoms with Gasteiger partial charge in [0.25, 0.3) is 0 Å². The van der Waals surface area contributed by atoms with E-state index in [1.54, 1.807) is 0 Å². The van der Waals surface area contributed by atoms with E-state index in [0.717, 1.165) is 38.5 Å². The van der Waals surface area contributed by atoms with Gasteiger partial charge in [-0.25, -0.2) is 9.78 Å². The zero-order valence-corrected chi connectivity index (χ0v) is 25.0. The van der Waals surface area contributed by atoms with Crippen LogP contribution in [0.5, 0.6) is 0 Å². The van der Waals surface area contributed by atoms with E-state index >= 15 is 0 Å². The minimum absolute atomic E-state index is 0.116. The second-order valence-electron chi connectivity index (χ2n) is 12.4. The van der Waals surface area contributed by atoms with E-state index in [4.69, 9.17) is 14.5 Å². The normalized spacial score (nSPS) is 36.7. The summed E-state index contributed by atoms with van der Waals surface area (Å²) in [7, 11) is 0. The Hall–Kier alpha value is -2.52. The van der Waals surface area contributed by atoms with Crippen LogP contribution in [-0.2, 0) is 28.9 Å². The molecule has 4 fully saturated rings. The average molecular weight is 631 g/mol. The standard InChI is InChI=1S/C28H42N2O12S/c31-26(32)20-3-1-5-23(29(36)37)22(20)15-40-42-17-9-13-19(14-10-17)43-18-11-7-16(8-12-18)41-28(35)25-21(27(33)34)4-2-6-24(25)30(38)39/h16-25H,1-15H2,(H,31,32)(H,33,34). The third-order valence-electron chi connectivity index (χ3n) is 9.71. The molecule has 0 aromatic heterocycles. The van der Waals surface area contributed by atoms with Crippen LogP contribution in [0.2, 0.25) is 0 Å². The van der Waals surface area contributed by atoms with Gasteiger partial charge < -0.3 is 14.9 Å². The first-order valence-electron chi connectivity index (χ1n) is 15.4. The zero-order valence-electron chi connectivity index (χ0n) is 24.2. The Kier molecular flexibility index (Phi) is 12.0. The highest BCUT2D eigenvalue weighted by Gasteiger charge is 2.50. The van der Waals surface area contributed by atoms with Crippen molar-refractivity contribution in [2.45, 2.75) is 125 Å². The first kappa shape index (κ1) is 33.4. The number of aliphatic carboxylic acids is 2. The molecule has 0 aromatic rings. The van der Waals surface area contributed by atoms with Gasteiger partial charge in [0.1, 0.15) is 12.0 Å². The Morgan fingerprint density at radius 2 is 1.21 bits per heavy atom. The molecular weight excluding hydrogens is 588 g/mol. The molecule has 43 heavy (non-hydrogen) atoms. The SMILES string of the molecule is O=C(O)C1CCCC([N+](=O)[O-])C1COOC1CCC(SC2CCC(OC(=O)C3C(C(=O)O)CCCC3[N+](=O)[O-])CC2)CC1. The molecule has 0 amide bonds. The number of hydrogen-bond acceptors (Lipinski definition) is 11. The Bertz CT molecular complexity index is 970. The van der Waals surface area contributed by atoms with E-state index in [0.29, 0.717) is 49.0 Å². The van der Waals surface area contributed by atoms with Crippen LogP contribution in [0.3, 0.4) is 0 Å². The number of nitrogens with zero attached hydrogens (tertiary/aromatic N) is 2. The molecule has 0 radical (unpaired) electrons. The van der Waals surface area contributed by atoms with Crippen molar-refractivity contribution >= 4 is 29.7 Å². The summed E-state index contributed by atoms with van der Waals surface area (Å²) in [5.74, 6) is -6.89. The van der Waals surface area contributed by atoms with Crippen LogP contribution in [0.1, 0.15) is 89.9 Å². The minimum atomic E-state index is -1.26. The van der Waals surface area contributed by atoms with Gasteiger partial charge in [-0.1, -0.05) is 0 Å². The van der Waals surface area contributed by atoms with Gasteiger partial charge in [-0.3, -0.25) is 34.6 Å². The molecule has 242 valence electrons. The van der Waals surface area contributed by atoms with Crippen molar-refractivity contribution in [3.05, 3.63) is 20.2 Å². The van der Waals surface area contributed by atoms with Gasteiger partial charge >= 0.3 is 17.9 Å². The van der Waals surface area contributed by atoms with Crippen molar-refractivity contribution in [3.8, 4) is 0 Å². The van der Waals surface area contributed by atoms with E-state index in [1.165, 1.54) is 0 Å². The fraction of sp³-hybridized carbons (Fsp3) is 0.893. The van der Waals surface area contributed by atoms with E-state index in [-0.39, 0.29) is 31.7 Å². The lowest BCUT2D eigenvalue weighted by Gasteiger charge is -2.35. The van der Waals surface area contributed by atoms with Crippen molar-refractivity contribution in [2.24, 2.45) is 23.7 Å². The lowest BCUT2D eigenvalue weighted by molar-refractivity contribution is -0.541. The number of esters is 1. The second kappa shape index (κ2) is 15.5. The summed E-state index contributed by atoms with van der Waals surface area (Å²) in [4.78, 5) is 69.2. The van der Waals surface area contributed by atoms with Gasteiger partial charge in [-0.15, -0.1) is 0 Å². The lowest BCUT2D eigenvalue weighted by Crippen LogP contribution is -2.47. The Morgan fingerprint density at radius 1 is 0.698 bits per heavy atom. The van der Waals surface area contributed by atoms with Crippen LogP contribution in [0.25, 0.3) is 0 Å². The van der Waals surface area contributed by atoms with Gasteiger partial charge in [0.15, 0.2) is 0 Å². The van der Waals surface area contributed by atoms with Gasteiger partial charge in [0, 0.05) is 33.2 Å². The summed E-state index contributed by atoms with van der Waals surface area (Å²) in [5, 5.41) is 42.8. The molecular formula is C28H42N2O12S. The van der Waals surface area contributed by atoms with Crippen LogP contribution < -0.4 is 0 Å². The predicted molar refractivity (Wildman–Crippen MR) is 151 cm³/mol. The highest BCUT2D eigenvalue weighted by Crippen LogP contribution is 2.40. The van der Waals surface area contributed by atoms with E-state index in [9.17, 15) is 44.8 Å². The van der Waals surface area contributed by atoms with Crippen LogP contribution in [0.15, 0.2) is 0 Å². The topological polar surface area (TPSA) is 206 Å². The van der Waals surface area contributed by atoms with Crippen LogP contribution in [0.4, 0.5) is 0 Å². The molecule has 2 N–H and O–H groups in total. The smallest absolute Gasteiger partial charge is 0.317 e. The second-order valence-corrected chi connectivity index (χ2v) is 14.0. The third kappa shape index (κ3) is 8.78. The molecule has 0 aliphatic heterocycles. The molecule has 15 heteroatoms. The summed E-state index contributed by atoms with van der Waals surface area (Å²) in [6.07, 6.45) is 7.80. The highest BCUT2D eigenvalue weighted by atomic mass is 32.2. The molecule has 4 saturated carbocycles. The first-order chi connectivity index (χ1) is 20.5. The molecule has 0 heterocycles. The summed E-state index contributed by atoms with van der Waals surface area (Å²) >= 11 is 1.91. The van der Waals surface area contributed by atoms with Crippen molar-refractivity contribution in [1.82, 2.24) is 0 Å². The van der Waals surface area contributed by atoms with Crippen molar-refractivity contribution in [2.75, 3.05) is 6.61 Å². The van der Waals surface area contributed by atoms with E-state index in [1.807, 2.05) is 11.8 Å². The molecule has 14 nitrogen and oxygen atoms in total. The summed E-state index contributed by atoms with van der Waals surface area (Å²) in [6, 6.07) is -2.18. The number of rotatable bonds is 12. The number of carbonyl (C=O) groups excluding carboxylic acids is 1. The molecule has 4 aliphatic rings. The fourth-order valence-electron chi connectivity index (χ4n) is 7.33. The Morgan fingerprint density at radius 3 is 1.74 bits per heavy atom. The lowest BCUT2D eigenvalue weighted by atomic mass is 9.76. The van der Waals surface area contributed by atoms with Gasteiger partial charge in [0.05, 0.1) is 30.5 Å².